The molecule has 1 fully saturated rings. The van der Waals surface area contributed by atoms with Gasteiger partial charge in [0.05, 0.1) is 0 Å². The average molecular weight is 230 g/mol. The normalized spacial score (nSPS) is 17.4. The maximum atomic E-state index is 12.4. The number of aromatic nitrogens is 3. The van der Waals surface area contributed by atoms with Crippen LogP contribution in [-0.2, 0) is 0 Å². The van der Waals surface area contributed by atoms with Gasteiger partial charge < -0.3 is 10.3 Å². The second kappa shape index (κ2) is 4.25. The molecule has 0 radical (unpaired) electrons. The molecule has 0 bridgehead atoms. The molecule has 0 unspecified atom stereocenters. The lowest BCUT2D eigenvalue weighted by Gasteiger charge is -2.21. The summed E-state index contributed by atoms with van der Waals surface area (Å²) in [5.74, 6) is 0.253. The molecule has 0 amide bonds. The van der Waals surface area contributed by atoms with E-state index >= 15 is 0 Å². The van der Waals surface area contributed by atoms with Crippen LogP contribution in [0.1, 0.15) is 23.3 Å². The molecule has 5 heteroatoms. The Balaban J connectivity index is 1.97. The molecule has 5 nitrogen and oxygen atoms in total. The van der Waals surface area contributed by atoms with E-state index in [2.05, 4.69) is 20.3 Å². The first-order chi connectivity index (χ1) is 8.36. The molecule has 0 saturated carbocycles. The number of Topliss-reactive ketones (excluding diaryl/α,β-unsaturated/α-hetero) is 1. The molecule has 1 aliphatic rings. The van der Waals surface area contributed by atoms with Crippen LogP contribution in [0.2, 0.25) is 0 Å². The van der Waals surface area contributed by atoms with Gasteiger partial charge in [-0.15, -0.1) is 0 Å². The lowest BCUT2D eigenvalue weighted by molar-refractivity contribution is 0.0891. The van der Waals surface area contributed by atoms with E-state index in [1.54, 1.807) is 6.20 Å². The van der Waals surface area contributed by atoms with Gasteiger partial charge in [-0.25, -0.2) is 9.97 Å². The number of nitrogens with one attached hydrogen (secondary N) is 2. The number of hydrogen-bond donors (Lipinski definition) is 2. The fraction of sp³-hybridized carbons (Fsp3) is 0.417. The number of fused-ring (bicyclic) bond motifs is 1. The second-order valence-electron chi connectivity index (χ2n) is 4.35. The van der Waals surface area contributed by atoms with E-state index < -0.39 is 0 Å². The van der Waals surface area contributed by atoms with Crippen molar-refractivity contribution in [1.82, 2.24) is 20.3 Å². The second-order valence-corrected chi connectivity index (χ2v) is 4.35. The zero-order chi connectivity index (χ0) is 11.7. The Hall–Kier alpha value is -1.75. The highest BCUT2D eigenvalue weighted by Gasteiger charge is 2.24. The van der Waals surface area contributed by atoms with Gasteiger partial charge in [0.25, 0.3) is 0 Å². The SMILES string of the molecule is O=C(c1ncnc2[nH]ccc12)C1CCNCC1. The van der Waals surface area contributed by atoms with Gasteiger partial charge in [0, 0.05) is 17.5 Å². The highest BCUT2D eigenvalue weighted by atomic mass is 16.1. The van der Waals surface area contributed by atoms with Crippen LogP contribution in [0.15, 0.2) is 18.6 Å². The Kier molecular flexibility index (Phi) is 2.60. The van der Waals surface area contributed by atoms with Gasteiger partial charge in [0.1, 0.15) is 17.7 Å². The number of carbonyl (C=O) groups is 1. The quantitative estimate of drug-likeness (QED) is 0.759. The molecule has 0 atom stereocenters. The Morgan fingerprint density at radius 1 is 1.29 bits per heavy atom. The topological polar surface area (TPSA) is 70.7 Å². The molecular weight excluding hydrogens is 216 g/mol. The number of rotatable bonds is 2. The van der Waals surface area contributed by atoms with E-state index in [-0.39, 0.29) is 11.7 Å². The third-order valence-electron chi connectivity index (χ3n) is 3.30. The number of hydrogen-bond acceptors (Lipinski definition) is 4. The number of aromatic amines is 1. The highest BCUT2D eigenvalue weighted by Crippen LogP contribution is 2.21. The Morgan fingerprint density at radius 3 is 2.94 bits per heavy atom. The summed E-state index contributed by atoms with van der Waals surface area (Å²) in [5, 5.41) is 4.09. The smallest absolute Gasteiger partial charge is 0.185 e. The summed E-state index contributed by atoms with van der Waals surface area (Å²) >= 11 is 0. The molecule has 0 aliphatic carbocycles. The first kappa shape index (κ1) is 10.4. The standard InChI is InChI=1S/C12H14N4O/c17-11(8-1-4-13-5-2-8)10-9-3-6-14-12(9)16-7-15-10/h3,6-8,13H,1-2,4-5H2,(H,14,15,16). The Bertz CT molecular complexity index is 542. The molecule has 3 rings (SSSR count). The molecule has 2 aromatic heterocycles. The largest absolute Gasteiger partial charge is 0.346 e. The summed E-state index contributed by atoms with van der Waals surface area (Å²) in [6.45, 7) is 1.83. The fourth-order valence-electron chi connectivity index (χ4n) is 2.35. The van der Waals surface area contributed by atoms with Gasteiger partial charge in [-0.3, -0.25) is 4.79 Å². The lowest BCUT2D eigenvalue weighted by Crippen LogP contribution is -2.32. The minimum absolute atomic E-state index is 0.101. The zero-order valence-corrected chi connectivity index (χ0v) is 9.44. The lowest BCUT2D eigenvalue weighted by atomic mass is 9.91. The number of H-pyrrole nitrogens is 1. The van der Waals surface area contributed by atoms with Crippen molar-refractivity contribution in [3.63, 3.8) is 0 Å². The first-order valence-electron chi connectivity index (χ1n) is 5.89. The Labute approximate surface area is 98.7 Å². The monoisotopic (exact) mass is 230 g/mol. The van der Waals surface area contributed by atoms with Gasteiger partial charge in [0.2, 0.25) is 0 Å². The first-order valence-corrected chi connectivity index (χ1v) is 5.89. The van der Waals surface area contributed by atoms with Crippen LogP contribution in [-0.4, -0.2) is 33.8 Å². The summed E-state index contributed by atoms with van der Waals surface area (Å²) in [5.41, 5.74) is 1.29. The van der Waals surface area contributed by atoms with E-state index in [1.807, 2.05) is 6.07 Å². The van der Waals surface area contributed by atoms with Crippen molar-refractivity contribution < 1.29 is 4.79 Å². The van der Waals surface area contributed by atoms with Crippen molar-refractivity contribution in [3.8, 4) is 0 Å². The number of ketones is 1. The molecule has 0 aromatic carbocycles. The van der Waals surface area contributed by atoms with E-state index in [0.717, 1.165) is 37.0 Å². The molecule has 3 heterocycles. The maximum Gasteiger partial charge on any atom is 0.185 e. The molecule has 0 spiro atoms. The molecule has 17 heavy (non-hydrogen) atoms. The van der Waals surface area contributed by atoms with Crippen molar-refractivity contribution in [1.29, 1.82) is 0 Å². The molecular formula is C12H14N4O. The van der Waals surface area contributed by atoms with Crippen molar-refractivity contribution in [3.05, 3.63) is 24.3 Å². The zero-order valence-electron chi connectivity index (χ0n) is 9.44. The van der Waals surface area contributed by atoms with Gasteiger partial charge in [-0.05, 0) is 32.0 Å². The molecule has 1 saturated heterocycles. The van der Waals surface area contributed by atoms with E-state index in [4.69, 9.17) is 0 Å². The summed E-state index contributed by atoms with van der Waals surface area (Å²) in [7, 11) is 0. The van der Waals surface area contributed by atoms with Crippen LogP contribution in [0.3, 0.4) is 0 Å². The van der Waals surface area contributed by atoms with Gasteiger partial charge in [-0.1, -0.05) is 0 Å². The highest BCUT2D eigenvalue weighted by molar-refractivity contribution is 6.05. The summed E-state index contributed by atoms with van der Waals surface area (Å²) in [6, 6.07) is 1.86. The number of piperidine rings is 1. The van der Waals surface area contributed by atoms with Crippen LogP contribution < -0.4 is 5.32 Å². The van der Waals surface area contributed by atoms with Crippen LogP contribution >= 0.6 is 0 Å². The van der Waals surface area contributed by atoms with Crippen LogP contribution in [0.25, 0.3) is 11.0 Å². The van der Waals surface area contributed by atoms with Gasteiger partial charge in [0.15, 0.2) is 5.78 Å². The van der Waals surface area contributed by atoms with Crippen LogP contribution in [0.4, 0.5) is 0 Å². The maximum absolute atomic E-state index is 12.4. The van der Waals surface area contributed by atoms with Crippen molar-refractivity contribution in [2.24, 2.45) is 5.92 Å². The molecule has 1 aliphatic heterocycles. The van der Waals surface area contributed by atoms with Crippen LogP contribution in [0.5, 0.6) is 0 Å². The van der Waals surface area contributed by atoms with Crippen molar-refractivity contribution >= 4 is 16.8 Å². The summed E-state index contributed by atoms with van der Waals surface area (Å²) in [6.07, 6.45) is 5.04. The molecule has 2 aromatic rings. The van der Waals surface area contributed by atoms with Crippen molar-refractivity contribution in [2.75, 3.05) is 13.1 Å². The third kappa shape index (κ3) is 1.82. The summed E-state index contributed by atoms with van der Waals surface area (Å²) in [4.78, 5) is 23.6. The average Bonchev–Trinajstić information content (AvgIpc) is 2.87. The predicted molar refractivity (Wildman–Crippen MR) is 63.8 cm³/mol. The van der Waals surface area contributed by atoms with Gasteiger partial charge >= 0.3 is 0 Å². The predicted octanol–water partition coefficient (Wildman–Crippen LogP) is 1.14. The van der Waals surface area contributed by atoms with E-state index in [9.17, 15) is 4.79 Å². The van der Waals surface area contributed by atoms with Crippen molar-refractivity contribution in [2.45, 2.75) is 12.8 Å². The van der Waals surface area contributed by atoms with Crippen LogP contribution in [0, 0.1) is 5.92 Å². The number of carbonyl (C=O) groups excluding carboxylic acids is 1. The minimum Gasteiger partial charge on any atom is -0.346 e. The number of nitrogens with zero attached hydrogens (tertiary/aromatic N) is 2. The Morgan fingerprint density at radius 2 is 2.12 bits per heavy atom. The minimum atomic E-state index is 0.101. The van der Waals surface area contributed by atoms with Gasteiger partial charge in [-0.2, -0.15) is 0 Å². The third-order valence-corrected chi connectivity index (χ3v) is 3.30. The summed E-state index contributed by atoms with van der Waals surface area (Å²) < 4.78 is 0. The van der Waals surface area contributed by atoms with E-state index in [0.29, 0.717) is 5.69 Å². The van der Waals surface area contributed by atoms with E-state index in [1.165, 1.54) is 6.33 Å². The molecule has 88 valence electrons. The molecule has 2 N–H and O–H groups in total. The fourth-order valence-corrected chi connectivity index (χ4v) is 2.35.